The highest BCUT2D eigenvalue weighted by atomic mass is 16.5. The number of rotatable bonds is 8. The molecule has 2 amide bonds. The van der Waals surface area contributed by atoms with Crippen molar-refractivity contribution < 1.29 is 14.3 Å². The molecule has 0 aliphatic rings. The maximum absolute atomic E-state index is 12.8. The first-order valence-corrected chi connectivity index (χ1v) is 9.97. The van der Waals surface area contributed by atoms with Crippen molar-refractivity contribution in [1.82, 2.24) is 9.88 Å². The van der Waals surface area contributed by atoms with E-state index in [-0.39, 0.29) is 11.5 Å². The van der Waals surface area contributed by atoms with Crippen LogP contribution in [0.3, 0.4) is 0 Å². The Kier molecular flexibility index (Phi) is 7.35. The van der Waals surface area contributed by atoms with Crippen molar-refractivity contribution in [3.05, 3.63) is 93.9 Å². The topological polar surface area (TPSA) is 89.4 Å². The lowest BCUT2D eigenvalue weighted by molar-refractivity contribution is 0.0946. The standard InChI is InChI=1S/C24H25N3O4/c1-17-6-8-18(9-7-17)22(28)26-19-10-12-20(13-11-19)27-15-3-5-21(24(27)30)23(29)25-14-4-16-31-2/h3,5-13,15H,4,14,16H2,1-2H3,(H,25,29)(H,26,28). The number of nitrogens with one attached hydrogen (secondary N) is 2. The predicted octanol–water partition coefficient (Wildman–Crippen LogP) is 3.16. The number of carbonyl (C=O) groups is 2. The van der Waals surface area contributed by atoms with E-state index in [9.17, 15) is 14.4 Å². The number of benzene rings is 2. The highest BCUT2D eigenvalue weighted by Crippen LogP contribution is 2.14. The highest BCUT2D eigenvalue weighted by Gasteiger charge is 2.13. The van der Waals surface area contributed by atoms with Gasteiger partial charge in [0.1, 0.15) is 5.56 Å². The van der Waals surface area contributed by atoms with E-state index < -0.39 is 11.5 Å². The zero-order chi connectivity index (χ0) is 22.2. The van der Waals surface area contributed by atoms with Crippen LogP contribution in [0.15, 0.2) is 71.7 Å². The average molecular weight is 419 g/mol. The van der Waals surface area contributed by atoms with Crippen molar-refractivity contribution in [2.24, 2.45) is 0 Å². The molecule has 31 heavy (non-hydrogen) atoms. The Morgan fingerprint density at radius 1 is 0.968 bits per heavy atom. The lowest BCUT2D eigenvalue weighted by atomic mass is 10.1. The first-order chi connectivity index (χ1) is 15.0. The lowest BCUT2D eigenvalue weighted by Gasteiger charge is -2.10. The molecular weight excluding hydrogens is 394 g/mol. The Morgan fingerprint density at radius 2 is 1.68 bits per heavy atom. The number of pyridine rings is 1. The molecule has 3 aromatic rings. The largest absolute Gasteiger partial charge is 0.385 e. The van der Waals surface area contributed by atoms with Gasteiger partial charge in [0.15, 0.2) is 0 Å². The third kappa shape index (κ3) is 5.67. The fourth-order valence-corrected chi connectivity index (χ4v) is 3.00. The highest BCUT2D eigenvalue weighted by molar-refractivity contribution is 6.04. The van der Waals surface area contributed by atoms with Crippen LogP contribution in [0.25, 0.3) is 5.69 Å². The maximum Gasteiger partial charge on any atom is 0.267 e. The van der Waals surface area contributed by atoms with Gasteiger partial charge in [-0.1, -0.05) is 17.7 Å². The summed E-state index contributed by atoms with van der Waals surface area (Å²) in [5, 5.41) is 5.56. The van der Waals surface area contributed by atoms with E-state index in [4.69, 9.17) is 4.74 Å². The molecule has 0 aliphatic carbocycles. The molecule has 0 unspecified atom stereocenters. The van der Waals surface area contributed by atoms with E-state index in [1.54, 1.807) is 55.8 Å². The van der Waals surface area contributed by atoms with Crippen molar-refractivity contribution in [3.63, 3.8) is 0 Å². The number of anilines is 1. The number of hydrogen-bond acceptors (Lipinski definition) is 4. The molecule has 0 saturated heterocycles. The number of ether oxygens (including phenoxy) is 1. The third-order valence-electron chi connectivity index (χ3n) is 4.72. The first kappa shape index (κ1) is 22.0. The van der Waals surface area contributed by atoms with Gasteiger partial charge in [-0.2, -0.15) is 0 Å². The minimum Gasteiger partial charge on any atom is -0.385 e. The number of aromatic nitrogens is 1. The van der Waals surface area contributed by atoms with Crippen molar-refractivity contribution in [2.75, 3.05) is 25.6 Å². The second kappa shape index (κ2) is 10.4. The minimum absolute atomic E-state index is 0.0664. The second-order valence-electron chi connectivity index (χ2n) is 7.07. The van der Waals surface area contributed by atoms with E-state index in [0.717, 1.165) is 5.56 Å². The minimum atomic E-state index is -0.419. The SMILES string of the molecule is COCCCNC(=O)c1cccn(-c2ccc(NC(=O)c3ccc(C)cc3)cc2)c1=O. The molecule has 0 spiro atoms. The van der Waals surface area contributed by atoms with Crippen LogP contribution in [0.4, 0.5) is 5.69 Å². The summed E-state index contributed by atoms with van der Waals surface area (Å²) in [6.07, 6.45) is 2.27. The Labute approximate surface area is 180 Å². The summed E-state index contributed by atoms with van der Waals surface area (Å²) in [4.78, 5) is 37.5. The van der Waals surface area contributed by atoms with Gasteiger partial charge in [0.2, 0.25) is 0 Å². The van der Waals surface area contributed by atoms with Crippen molar-refractivity contribution in [3.8, 4) is 5.69 Å². The van der Waals surface area contributed by atoms with Crippen LogP contribution in [0, 0.1) is 6.92 Å². The normalized spacial score (nSPS) is 10.5. The first-order valence-electron chi connectivity index (χ1n) is 9.97. The summed E-state index contributed by atoms with van der Waals surface area (Å²) in [6, 6.07) is 17.3. The van der Waals surface area contributed by atoms with Gasteiger partial charge in [-0.3, -0.25) is 19.0 Å². The smallest absolute Gasteiger partial charge is 0.267 e. The number of nitrogens with zero attached hydrogens (tertiary/aromatic N) is 1. The zero-order valence-corrected chi connectivity index (χ0v) is 17.6. The van der Waals surface area contributed by atoms with E-state index in [0.29, 0.717) is 36.5 Å². The van der Waals surface area contributed by atoms with Crippen molar-refractivity contribution in [2.45, 2.75) is 13.3 Å². The van der Waals surface area contributed by atoms with E-state index in [1.807, 2.05) is 19.1 Å². The number of methoxy groups -OCH3 is 1. The summed E-state index contributed by atoms with van der Waals surface area (Å²) in [5.74, 6) is -0.630. The second-order valence-corrected chi connectivity index (χ2v) is 7.07. The molecule has 1 heterocycles. The van der Waals surface area contributed by atoms with Crippen molar-refractivity contribution >= 4 is 17.5 Å². The van der Waals surface area contributed by atoms with Crippen LogP contribution in [0.5, 0.6) is 0 Å². The van der Waals surface area contributed by atoms with Crippen LogP contribution in [-0.4, -0.2) is 36.6 Å². The number of hydrogen-bond donors (Lipinski definition) is 2. The van der Waals surface area contributed by atoms with Crippen LogP contribution < -0.4 is 16.2 Å². The third-order valence-corrected chi connectivity index (χ3v) is 4.72. The van der Waals surface area contributed by atoms with Crippen LogP contribution in [0.1, 0.15) is 32.7 Å². The van der Waals surface area contributed by atoms with Gasteiger partial charge in [-0.05, 0) is 61.9 Å². The Hall–Kier alpha value is -3.71. The summed E-state index contributed by atoms with van der Waals surface area (Å²) >= 11 is 0. The molecule has 0 aliphatic heterocycles. The molecule has 2 N–H and O–H groups in total. The fourth-order valence-electron chi connectivity index (χ4n) is 3.00. The monoisotopic (exact) mass is 419 g/mol. The van der Waals surface area contributed by atoms with E-state index in [1.165, 1.54) is 10.6 Å². The van der Waals surface area contributed by atoms with Crippen LogP contribution in [0.2, 0.25) is 0 Å². The molecule has 0 atom stereocenters. The van der Waals surface area contributed by atoms with Gasteiger partial charge in [0, 0.05) is 43.4 Å². The van der Waals surface area contributed by atoms with Gasteiger partial charge < -0.3 is 15.4 Å². The molecule has 160 valence electrons. The molecule has 7 nitrogen and oxygen atoms in total. The summed E-state index contributed by atoms with van der Waals surface area (Å²) in [7, 11) is 1.59. The fraction of sp³-hybridized carbons (Fsp3) is 0.208. The quantitative estimate of drug-likeness (QED) is 0.549. The summed E-state index contributed by atoms with van der Waals surface area (Å²) in [6.45, 7) is 2.92. The average Bonchev–Trinajstić information content (AvgIpc) is 2.78. The molecule has 7 heteroatoms. The molecule has 1 aromatic heterocycles. The molecule has 0 bridgehead atoms. The summed E-state index contributed by atoms with van der Waals surface area (Å²) < 4.78 is 6.35. The van der Waals surface area contributed by atoms with Gasteiger partial charge in [-0.15, -0.1) is 0 Å². The van der Waals surface area contributed by atoms with Crippen LogP contribution >= 0.6 is 0 Å². The van der Waals surface area contributed by atoms with E-state index >= 15 is 0 Å². The zero-order valence-electron chi connectivity index (χ0n) is 17.6. The Balaban J connectivity index is 1.72. The maximum atomic E-state index is 12.8. The number of carbonyl (C=O) groups excluding carboxylic acids is 2. The summed E-state index contributed by atoms with van der Waals surface area (Å²) in [5.41, 5.74) is 2.49. The van der Waals surface area contributed by atoms with Gasteiger partial charge in [-0.25, -0.2) is 0 Å². The Bertz CT molecular complexity index is 1100. The molecule has 0 radical (unpaired) electrons. The van der Waals surface area contributed by atoms with Gasteiger partial charge in [0.25, 0.3) is 17.4 Å². The van der Waals surface area contributed by atoms with Crippen molar-refractivity contribution in [1.29, 1.82) is 0 Å². The molecule has 0 saturated carbocycles. The predicted molar refractivity (Wildman–Crippen MR) is 120 cm³/mol. The van der Waals surface area contributed by atoms with Gasteiger partial charge in [0.05, 0.1) is 0 Å². The number of amides is 2. The van der Waals surface area contributed by atoms with Gasteiger partial charge >= 0.3 is 0 Å². The Morgan fingerprint density at radius 3 is 2.35 bits per heavy atom. The number of aryl methyl sites for hydroxylation is 1. The molecular formula is C24H25N3O4. The molecule has 3 rings (SSSR count). The molecule has 0 fully saturated rings. The van der Waals surface area contributed by atoms with E-state index in [2.05, 4.69) is 10.6 Å². The molecule has 2 aromatic carbocycles. The lowest BCUT2D eigenvalue weighted by Crippen LogP contribution is -2.33. The van der Waals surface area contributed by atoms with Crippen LogP contribution in [-0.2, 0) is 4.74 Å².